The van der Waals surface area contributed by atoms with Crippen molar-refractivity contribution < 1.29 is 9.13 Å². The minimum Gasteiger partial charge on any atom is -0.384 e. The summed E-state index contributed by atoms with van der Waals surface area (Å²) in [7, 11) is 1.73. The Labute approximate surface area is 112 Å². The van der Waals surface area contributed by atoms with Crippen LogP contribution >= 0.6 is 0 Å². The van der Waals surface area contributed by atoms with E-state index in [1.807, 2.05) is 0 Å². The van der Waals surface area contributed by atoms with Gasteiger partial charge in [-0.05, 0) is 18.9 Å². The second-order valence-electron chi connectivity index (χ2n) is 4.90. The first-order valence-electron chi connectivity index (χ1n) is 6.48. The number of likely N-dealkylation sites (tertiary alicyclic amines) is 1. The molecular weight excluding hydrogens is 245 g/mol. The van der Waals surface area contributed by atoms with Crippen molar-refractivity contribution in [1.82, 2.24) is 4.90 Å². The maximum absolute atomic E-state index is 14.1. The highest BCUT2D eigenvalue weighted by Crippen LogP contribution is 2.19. The summed E-state index contributed by atoms with van der Waals surface area (Å²) >= 11 is 0. The first-order chi connectivity index (χ1) is 9.11. The van der Waals surface area contributed by atoms with Crippen molar-refractivity contribution in [1.29, 1.82) is 5.41 Å². The molecule has 0 unspecified atom stereocenters. The van der Waals surface area contributed by atoms with Crippen LogP contribution < -0.4 is 5.73 Å². The van der Waals surface area contributed by atoms with Crippen molar-refractivity contribution in [2.45, 2.75) is 25.5 Å². The molecule has 1 heterocycles. The van der Waals surface area contributed by atoms with E-state index in [1.165, 1.54) is 0 Å². The number of amidine groups is 1. The molecule has 1 aromatic rings. The smallest absolute Gasteiger partial charge is 0.138 e. The first kappa shape index (κ1) is 14.0. The summed E-state index contributed by atoms with van der Waals surface area (Å²) in [6.07, 6.45) is 2.28. The highest BCUT2D eigenvalue weighted by Gasteiger charge is 2.20. The minimum absolute atomic E-state index is 0.185. The van der Waals surface area contributed by atoms with E-state index < -0.39 is 0 Å². The summed E-state index contributed by atoms with van der Waals surface area (Å²) in [5.74, 6) is -0.596. The summed E-state index contributed by atoms with van der Waals surface area (Å²) in [4.78, 5) is 2.21. The Morgan fingerprint density at radius 3 is 2.74 bits per heavy atom. The number of ether oxygens (including phenoxy) is 1. The maximum Gasteiger partial charge on any atom is 0.138 e. The van der Waals surface area contributed by atoms with Crippen LogP contribution in [0.2, 0.25) is 0 Å². The van der Waals surface area contributed by atoms with E-state index in [9.17, 15) is 4.39 Å². The van der Waals surface area contributed by atoms with E-state index >= 15 is 0 Å². The Hall–Kier alpha value is -1.46. The Morgan fingerprint density at radius 2 is 2.16 bits per heavy atom. The summed E-state index contributed by atoms with van der Waals surface area (Å²) in [6, 6.07) is 5.04. The van der Waals surface area contributed by atoms with E-state index in [0.29, 0.717) is 18.2 Å². The number of nitrogens with two attached hydrogens (primary N) is 1. The molecule has 1 fully saturated rings. The second-order valence-corrected chi connectivity index (χ2v) is 4.90. The number of nitrogens with zero attached hydrogens (tertiary/aromatic N) is 1. The quantitative estimate of drug-likeness (QED) is 0.643. The van der Waals surface area contributed by atoms with Crippen LogP contribution in [0.1, 0.15) is 24.0 Å². The molecular formula is C14H20FN3O. The van der Waals surface area contributed by atoms with Crippen LogP contribution in [0.5, 0.6) is 0 Å². The Morgan fingerprint density at radius 1 is 1.47 bits per heavy atom. The van der Waals surface area contributed by atoms with Crippen molar-refractivity contribution in [3.05, 3.63) is 35.1 Å². The van der Waals surface area contributed by atoms with Gasteiger partial charge in [-0.25, -0.2) is 4.39 Å². The van der Waals surface area contributed by atoms with Gasteiger partial charge in [0.15, 0.2) is 0 Å². The largest absolute Gasteiger partial charge is 0.384 e. The van der Waals surface area contributed by atoms with Crippen molar-refractivity contribution in [2.75, 3.05) is 20.2 Å². The highest BCUT2D eigenvalue weighted by atomic mass is 19.1. The van der Waals surface area contributed by atoms with Crippen LogP contribution in [0.4, 0.5) is 4.39 Å². The third-order valence-corrected chi connectivity index (χ3v) is 3.63. The van der Waals surface area contributed by atoms with E-state index in [0.717, 1.165) is 25.9 Å². The Balaban J connectivity index is 2.04. The fourth-order valence-electron chi connectivity index (χ4n) is 2.45. The average molecular weight is 265 g/mol. The van der Waals surface area contributed by atoms with Gasteiger partial charge in [0, 0.05) is 32.3 Å². The van der Waals surface area contributed by atoms with Crippen LogP contribution in [0.25, 0.3) is 0 Å². The van der Waals surface area contributed by atoms with Crippen molar-refractivity contribution in [3.63, 3.8) is 0 Å². The molecule has 3 N–H and O–H groups in total. The molecule has 0 saturated carbocycles. The van der Waals surface area contributed by atoms with Gasteiger partial charge in [0.25, 0.3) is 0 Å². The van der Waals surface area contributed by atoms with Gasteiger partial charge in [0.1, 0.15) is 11.7 Å². The second kappa shape index (κ2) is 6.12. The van der Waals surface area contributed by atoms with E-state index in [-0.39, 0.29) is 17.2 Å². The SMILES string of the molecule is COC1CCN(Cc2cccc(C(=N)N)c2F)CC1. The zero-order valence-corrected chi connectivity index (χ0v) is 11.2. The van der Waals surface area contributed by atoms with Gasteiger partial charge < -0.3 is 10.5 Å². The standard InChI is InChI=1S/C14H20FN3O/c1-19-11-5-7-18(8-6-11)9-10-3-2-4-12(13(10)15)14(16)17/h2-4,11H,5-9H2,1H3,(H3,16,17). The van der Waals surface area contributed by atoms with Crippen LogP contribution in [0.15, 0.2) is 18.2 Å². The van der Waals surface area contributed by atoms with Gasteiger partial charge in [-0.3, -0.25) is 10.3 Å². The molecule has 19 heavy (non-hydrogen) atoms. The molecule has 0 amide bonds. The molecule has 0 aliphatic carbocycles. The lowest BCUT2D eigenvalue weighted by atomic mass is 10.0. The number of benzene rings is 1. The van der Waals surface area contributed by atoms with Gasteiger partial charge >= 0.3 is 0 Å². The third kappa shape index (κ3) is 3.30. The predicted octanol–water partition coefficient (Wildman–Crippen LogP) is 1.72. The molecule has 0 aromatic heterocycles. The van der Waals surface area contributed by atoms with Crippen LogP contribution in [-0.4, -0.2) is 37.0 Å². The normalized spacial score (nSPS) is 17.6. The van der Waals surface area contributed by atoms with Gasteiger partial charge in [0.2, 0.25) is 0 Å². The van der Waals surface area contributed by atoms with Crippen molar-refractivity contribution in [2.24, 2.45) is 5.73 Å². The van der Waals surface area contributed by atoms with E-state index in [2.05, 4.69) is 4.90 Å². The molecule has 0 atom stereocenters. The molecule has 4 nitrogen and oxygen atoms in total. The monoisotopic (exact) mass is 265 g/mol. The number of piperidine rings is 1. The number of nitrogen functional groups attached to an aromatic ring is 1. The molecule has 1 saturated heterocycles. The summed E-state index contributed by atoms with van der Waals surface area (Å²) < 4.78 is 19.5. The van der Waals surface area contributed by atoms with E-state index in [4.69, 9.17) is 15.9 Å². The molecule has 2 rings (SSSR count). The number of hydrogen-bond donors (Lipinski definition) is 2. The molecule has 1 aliphatic rings. The van der Waals surface area contributed by atoms with Gasteiger partial charge in [-0.1, -0.05) is 12.1 Å². The number of methoxy groups -OCH3 is 1. The molecule has 0 spiro atoms. The lowest BCUT2D eigenvalue weighted by molar-refractivity contribution is 0.0386. The lowest BCUT2D eigenvalue weighted by Crippen LogP contribution is -2.36. The predicted molar refractivity (Wildman–Crippen MR) is 72.7 cm³/mol. The first-order valence-corrected chi connectivity index (χ1v) is 6.48. The highest BCUT2D eigenvalue weighted by molar-refractivity contribution is 5.95. The summed E-state index contributed by atoms with van der Waals surface area (Å²) in [6.45, 7) is 2.37. The molecule has 1 aromatic carbocycles. The maximum atomic E-state index is 14.1. The Kier molecular flexibility index (Phi) is 4.50. The number of halogens is 1. The van der Waals surface area contributed by atoms with Gasteiger partial charge in [-0.2, -0.15) is 0 Å². The molecule has 1 aliphatic heterocycles. The lowest BCUT2D eigenvalue weighted by Gasteiger charge is -2.31. The number of nitrogens with one attached hydrogen (secondary N) is 1. The van der Waals surface area contributed by atoms with Crippen molar-refractivity contribution >= 4 is 5.84 Å². The molecule has 104 valence electrons. The Bertz CT molecular complexity index is 456. The molecule has 5 heteroatoms. The fraction of sp³-hybridized carbons (Fsp3) is 0.500. The zero-order chi connectivity index (χ0) is 13.8. The summed E-state index contributed by atoms with van der Waals surface area (Å²) in [5.41, 5.74) is 6.15. The third-order valence-electron chi connectivity index (χ3n) is 3.63. The minimum atomic E-state index is -0.371. The molecule has 0 bridgehead atoms. The van der Waals surface area contributed by atoms with Gasteiger partial charge in [0.05, 0.1) is 11.7 Å². The average Bonchev–Trinajstić information content (AvgIpc) is 2.41. The molecule has 0 radical (unpaired) electrons. The fourth-order valence-corrected chi connectivity index (χ4v) is 2.45. The van der Waals surface area contributed by atoms with Crippen LogP contribution in [0.3, 0.4) is 0 Å². The van der Waals surface area contributed by atoms with Crippen LogP contribution in [0, 0.1) is 11.2 Å². The number of hydrogen-bond acceptors (Lipinski definition) is 3. The van der Waals surface area contributed by atoms with Crippen LogP contribution in [-0.2, 0) is 11.3 Å². The van der Waals surface area contributed by atoms with Crippen molar-refractivity contribution in [3.8, 4) is 0 Å². The topological polar surface area (TPSA) is 62.3 Å². The summed E-state index contributed by atoms with van der Waals surface area (Å²) in [5, 5.41) is 7.35. The zero-order valence-electron chi connectivity index (χ0n) is 11.2. The van der Waals surface area contributed by atoms with Gasteiger partial charge in [-0.15, -0.1) is 0 Å². The number of rotatable bonds is 4. The van der Waals surface area contributed by atoms with E-state index in [1.54, 1.807) is 25.3 Å².